The summed E-state index contributed by atoms with van der Waals surface area (Å²) in [4.78, 5) is 19.3. The van der Waals surface area contributed by atoms with Crippen LogP contribution in [0.5, 0.6) is 5.75 Å². The van der Waals surface area contributed by atoms with Crippen molar-refractivity contribution in [3.63, 3.8) is 0 Å². The van der Waals surface area contributed by atoms with Crippen LogP contribution in [0, 0.1) is 0 Å². The molecule has 6 rings (SSSR count). The number of carbonyl (C=O) groups excluding carboxylic acids is 1. The molecule has 7 nitrogen and oxygen atoms in total. The summed E-state index contributed by atoms with van der Waals surface area (Å²) in [5, 5.41) is 4.36. The Hall–Kier alpha value is -3.55. The van der Waals surface area contributed by atoms with Crippen LogP contribution >= 0.6 is 0 Å². The summed E-state index contributed by atoms with van der Waals surface area (Å²) in [7, 11) is 1.68. The molecule has 1 atom stereocenters. The maximum atomic E-state index is 13.3. The predicted octanol–water partition coefficient (Wildman–Crippen LogP) is 3.58. The maximum Gasteiger partial charge on any atom is 0.253 e. The molecule has 2 aromatic heterocycles. The zero-order chi connectivity index (χ0) is 23.8. The number of para-hydroxylation sites is 1. The lowest BCUT2D eigenvalue weighted by molar-refractivity contribution is 0.0383. The highest BCUT2D eigenvalue weighted by Crippen LogP contribution is 2.40. The Bertz CT molecular complexity index is 1350. The van der Waals surface area contributed by atoms with E-state index in [2.05, 4.69) is 62.4 Å². The summed E-state index contributed by atoms with van der Waals surface area (Å²) in [6.45, 7) is 4.84. The van der Waals surface area contributed by atoms with Gasteiger partial charge in [0.05, 0.1) is 31.9 Å². The lowest BCUT2D eigenvalue weighted by atomic mass is 9.92. The largest absolute Gasteiger partial charge is 0.497 e. The molecule has 180 valence electrons. The monoisotopic (exact) mass is 470 g/mol. The van der Waals surface area contributed by atoms with Gasteiger partial charge >= 0.3 is 0 Å². The molecule has 7 heteroatoms. The fourth-order valence-corrected chi connectivity index (χ4v) is 5.43. The molecule has 0 saturated carbocycles. The number of morpholine rings is 1. The van der Waals surface area contributed by atoms with Gasteiger partial charge in [-0.15, -0.1) is 0 Å². The van der Waals surface area contributed by atoms with E-state index in [1.807, 2.05) is 18.2 Å². The average Bonchev–Trinajstić information content (AvgIpc) is 3.49. The van der Waals surface area contributed by atoms with Gasteiger partial charge in [0.2, 0.25) is 0 Å². The van der Waals surface area contributed by atoms with Crippen molar-refractivity contribution in [3.8, 4) is 5.75 Å². The van der Waals surface area contributed by atoms with Gasteiger partial charge in [0, 0.05) is 61.1 Å². The van der Waals surface area contributed by atoms with Gasteiger partial charge in [-0.05, 0) is 35.4 Å². The highest BCUT2D eigenvalue weighted by atomic mass is 16.5. The fourth-order valence-electron chi connectivity index (χ4n) is 5.43. The summed E-state index contributed by atoms with van der Waals surface area (Å²) < 4.78 is 13.0. The van der Waals surface area contributed by atoms with E-state index in [1.165, 1.54) is 16.6 Å². The first-order valence-corrected chi connectivity index (χ1v) is 12.2. The molecule has 0 bridgehead atoms. The van der Waals surface area contributed by atoms with E-state index in [0.717, 1.165) is 60.9 Å². The third-order valence-corrected chi connectivity index (χ3v) is 7.26. The van der Waals surface area contributed by atoms with Crippen molar-refractivity contribution in [2.45, 2.75) is 12.5 Å². The molecule has 1 saturated heterocycles. The smallest absolute Gasteiger partial charge is 0.253 e. The second-order valence-electron chi connectivity index (χ2n) is 9.21. The molecule has 0 aliphatic carbocycles. The molecule has 1 amide bonds. The molecule has 1 unspecified atom stereocenters. The first-order chi connectivity index (χ1) is 17.2. The van der Waals surface area contributed by atoms with Gasteiger partial charge in [0.25, 0.3) is 5.91 Å². The summed E-state index contributed by atoms with van der Waals surface area (Å²) >= 11 is 0. The van der Waals surface area contributed by atoms with Gasteiger partial charge in [0.1, 0.15) is 5.75 Å². The van der Waals surface area contributed by atoms with Crippen LogP contribution in [0.15, 0.2) is 60.8 Å². The number of fused-ring (bicyclic) bond motifs is 4. The summed E-state index contributed by atoms with van der Waals surface area (Å²) in [6.07, 6.45) is 2.76. The molecule has 4 heterocycles. The van der Waals surface area contributed by atoms with Gasteiger partial charge in [-0.2, -0.15) is 0 Å². The first-order valence-electron chi connectivity index (χ1n) is 12.2. The standard InChI is InChI=1S/C28H30N4O3/c1-34-20-8-6-19(7-9-20)27-26-23(21-4-2-3-5-24(21)30-26)18-25-22(10-12-32(25)27)28(33)29-11-13-31-14-16-35-17-15-31/h2-10,12,27,30H,11,13-18H2,1H3,(H,29,33). The molecule has 2 aliphatic rings. The molecule has 0 radical (unpaired) electrons. The Morgan fingerprint density at radius 1 is 1.11 bits per heavy atom. The molecule has 4 aromatic rings. The van der Waals surface area contributed by atoms with Crippen molar-refractivity contribution >= 4 is 16.8 Å². The minimum atomic E-state index is -0.0399. The number of hydrogen-bond acceptors (Lipinski definition) is 4. The van der Waals surface area contributed by atoms with Crippen molar-refractivity contribution < 1.29 is 14.3 Å². The molecule has 35 heavy (non-hydrogen) atoms. The summed E-state index contributed by atoms with van der Waals surface area (Å²) in [5.41, 5.74) is 6.51. The summed E-state index contributed by atoms with van der Waals surface area (Å²) in [5.74, 6) is 0.818. The number of H-pyrrole nitrogens is 1. The number of carbonyl (C=O) groups is 1. The number of hydrogen-bond donors (Lipinski definition) is 2. The molecule has 2 N–H and O–H groups in total. The Labute approximate surface area is 204 Å². The number of aromatic amines is 1. The van der Waals surface area contributed by atoms with Gasteiger partial charge in [0.15, 0.2) is 0 Å². The van der Waals surface area contributed by atoms with Crippen molar-refractivity contribution in [2.24, 2.45) is 0 Å². The van der Waals surface area contributed by atoms with Crippen LogP contribution < -0.4 is 10.1 Å². The van der Waals surface area contributed by atoms with Gasteiger partial charge in [-0.3, -0.25) is 9.69 Å². The normalized spacial score (nSPS) is 17.7. The zero-order valence-electron chi connectivity index (χ0n) is 19.9. The lowest BCUT2D eigenvalue weighted by Gasteiger charge is -2.28. The van der Waals surface area contributed by atoms with E-state index in [0.29, 0.717) is 13.0 Å². The number of nitrogens with zero attached hydrogens (tertiary/aromatic N) is 2. The van der Waals surface area contributed by atoms with E-state index < -0.39 is 0 Å². The van der Waals surface area contributed by atoms with E-state index in [9.17, 15) is 4.79 Å². The minimum Gasteiger partial charge on any atom is -0.497 e. The first kappa shape index (κ1) is 21.9. The molecule has 2 aromatic carbocycles. The van der Waals surface area contributed by atoms with Crippen LogP contribution in [-0.4, -0.2) is 66.9 Å². The van der Waals surface area contributed by atoms with Crippen LogP contribution in [0.3, 0.4) is 0 Å². The van der Waals surface area contributed by atoms with Crippen LogP contribution in [0.25, 0.3) is 10.9 Å². The topological polar surface area (TPSA) is 71.5 Å². The highest BCUT2D eigenvalue weighted by molar-refractivity contribution is 5.96. The maximum absolute atomic E-state index is 13.3. The fraction of sp³-hybridized carbons (Fsp3) is 0.321. The van der Waals surface area contributed by atoms with Gasteiger partial charge < -0.3 is 24.3 Å². The average molecular weight is 471 g/mol. The lowest BCUT2D eigenvalue weighted by Crippen LogP contribution is -2.41. The molecular formula is C28H30N4O3. The van der Waals surface area contributed by atoms with E-state index >= 15 is 0 Å². The number of amides is 1. The number of methoxy groups -OCH3 is 1. The Morgan fingerprint density at radius 3 is 2.71 bits per heavy atom. The Morgan fingerprint density at radius 2 is 1.91 bits per heavy atom. The SMILES string of the molecule is COc1ccc(C2c3[nH]c4ccccc4c3Cc3c(C(=O)NCCN4CCOCC4)ccn32)cc1. The van der Waals surface area contributed by atoms with E-state index in [1.54, 1.807) is 7.11 Å². The van der Waals surface area contributed by atoms with Crippen molar-refractivity contribution in [2.75, 3.05) is 46.5 Å². The zero-order valence-corrected chi connectivity index (χ0v) is 19.9. The van der Waals surface area contributed by atoms with Crippen LogP contribution in [0.1, 0.15) is 38.9 Å². The van der Waals surface area contributed by atoms with Crippen LogP contribution in [0.4, 0.5) is 0 Å². The highest BCUT2D eigenvalue weighted by Gasteiger charge is 2.32. The minimum absolute atomic E-state index is 0.0104. The molecular weight excluding hydrogens is 440 g/mol. The molecule has 1 fully saturated rings. The van der Waals surface area contributed by atoms with Crippen molar-refractivity contribution in [3.05, 3.63) is 88.9 Å². The van der Waals surface area contributed by atoms with Crippen LogP contribution in [-0.2, 0) is 11.2 Å². The Kier molecular flexibility index (Phi) is 5.80. The number of aromatic nitrogens is 2. The third-order valence-electron chi connectivity index (χ3n) is 7.26. The number of rotatable bonds is 6. The quantitative estimate of drug-likeness (QED) is 0.398. The second kappa shape index (κ2) is 9.24. The molecule has 2 aliphatic heterocycles. The number of ether oxygens (including phenoxy) is 2. The van der Waals surface area contributed by atoms with Crippen molar-refractivity contribution in [1.29, 1.82) is 0 Å². The predicted molar refractivity (Wildman–Crippen MR) is 135 cm³/mol. The number of benzene rings is 2. The van der Waals surface area contributed by atoms with Gasteiger partial charge in [-0.1, -0.05) is 30.3 Å². The third kappa shape index (κ3) is 4.00. The summed E-state index contributed by atoms with van der Waals surface area (Å²) in [6, 6.07) is 18.5. The Balaban J connectivity index is 1.33. The number of nitrogens with one attached hydrogen (secondary N) is 2. The molecule has 0 spiro atoms. The van der Waals surface area contributed by atoms with E-state index in [-0.39, 0.29) is 11.9 Å². The van der Waals surface area contributed by atoms with Crippen molar-refractivity contribution in [1.82, 2.24) is 19.8 Å². The second-order valence-corrected chi connectivity index (χ2v) is 9.21. The van der Waals surface area contributed by atoms with Gasteiger partial charge in [-0.25, -0.2) is 0 Å². The van der Waals surface area contributed by atoms with E-state index in [4.69, 9.17) is 9.47 Å². The van der Waals surface area contributed by atoms with Crippen LogP contribution in [0.2, 0.25) is 0 Å².